The zero-order valence-corrected chi connectivity index (χ0v) is 28.4. The molecule has 1 aliphatic heterocycles. The monoisotopic (exact) mass is 663 g/mol. The van der Waals surface area contributed by atoms with E-state index >= 15 is 0 Å². The van der Waals surface area contributed by atoms with E-state index in [-0.39, 0.29) is 31.1 Å². The minimum Gasteiger partial charge on any atom is -0.480 e. The Bertz CT molecular complexity index is 1420. The van der Waals surface area contributed by atoms with Crippen LogP contribution in [-0.4, -0.2) is 82.3 Å². The van der Waals surface area contributed by atoms with E-state index in [4.69, 9.17) is 0 Å². The molecule has 260 valence electrons. The predicted octanol–water partition coefficient (Wildman–Crippen LogP) is 2.21. The van der Waals surface area contributed by atoms with E-state index < -0.39 is 65.7 Å². The molecule has 0 spiro atoms. The van der Waals surface area contributed by atoms with Gasteiger partial charge in [0, 0.05) is 26.3 Å². The number of benzene rings is 2. The third-order valence-electron chi connectivity index (χ3n) is 8.36. The van der Waals surface area contributed by atoms with Gasteiger partial charge in [-0.2, -0.15) is 0 Å². The fourth-order valence-electron chi connectivity index (χ4n) is 5.82. The average Bonchev–Trinajstić information content (AvgIpc) is 3.54. The van der Waals surface area contributed by atoms with Gasteiger partial charge in [0.05, 0.1) is 0 Å². The van der Waals surface area contributed by atoms with Crippen LogP contribution in [0.25, 0.3) is 0 Å². The fourth-order valence-corrected chi connectivity index (χ4v) is 5.82. The van der Waals surface area contributed by atoms with Crippen molar-refractivity contribution in [2.45, 2.75) is 96.9 Å². The maximum atomic E-state index is 13.8. The molecule has 5 amide bonds. The van der Waals surface area contributed by atoms with Gasteiger partial charge in [-0.15, -0.1) is 0 Å². The van der Waals surface area contributed by atoms with E-state index in [1.165, 1.54) is 11.8 Å². The van der Waals surface area contributed by atoms with Crippen molar-refractivity contribution in [3.05, 3.63) is 71.8 Å². The number of hydrogen-bond donors (Lipinski definition) is 5. The lowest BCUT2D eigenvalue weighted by atomic mass is 9.99. The lowest BCUT2D eigenvalue weighted by molar-refractivity contribution is -0.143. The molecule has 0 unspecified atom stereocenters. The fraction of sp³-hybridized carbons (Fsp3) is 0.500. The highest BCUT2D eigenvalue weighted by Gasteiger charge is 2.36. The van der Waals surface area contributed by atoms with Gasteiger partial charge in [0.25, 0.3) is 0 Å². The molecule has 1 aliphatic rings. The van der Waals surface area contributed by atoms with Crippen LogP contribution in [0.1, 0.15) is 65.0 Å². The summed E-state index contributed by atoms with van der Waals surface area (Å²) in [5.74, 6) is -4.15. The number of hydrogen-bond acceptors (Lipinski definition) is 6. The number of nitrogens with one attached hydrogen (secondary N) is 4. The maximum Gasteiger partial charge on any atom is 0.326 e. The van der Waals surface area contributed by atoms with Gasteiger partial charge in [-0.1, -0.05) is 88.4 Å². The van der Waals surface area contributed by atoms with Crippen LogP contribution >= 0.6 is 0 Å². The van der Waals surface area contributed by atoms with Crippen molar-refractivity contribution < 1.29 is 33.9 Å². The zero-order valence-electron chi connectivity index (χ0n) is 28.4. The molecule has 12 nitrogen and oxygen atoms in total. The quantitative estimate of drug-likeness (QED) is 0.183. The van der Waals surface area contributed by atoms with Crippen LogP contribution < -0.4 is 21.3 Å². The number of nitrogens with zero attached hydrogens (tertiary/aromatic N) is 1. The van der Waals surface area contributed by atoms with Crippen molar-refractivity contribution in [1.29, 1.82) is 0 Å². The average molecular weight is 664 g/mol. The number of aliphatic carboxylic acids is 1. The Balaban J connectivity index is 1.83. The molecular formula is C36H49N5O7. The molecule has 12 heteroatoms. The molecule has 0 bridgehead atoms. The van der Waals surface area contributed by atoms with Crippen molar-refractivity contribution in [2.75, 3.05) is 6.54 Å². The number of carboxylic acid groups (broad SMARTS) is 1. The molecule has 1 saturated heterocycles. The standard InChI is InChI=1S/C36H49N5O7/c1-22(2)19-29(36(47)48)39-32(43)27(20-25-13-8-6-9-14-25)38-35(46)31(23(3)4)40-33(44)28(21-26-15-10-7-11-16-26)37-34(45)30-17-12-18-41(30)24(5)42/h6-11,13-16,22-23,27-31H,12,17-21H2,1-5H3,(H,37,45)(H,38,46)(H,39,43)(H,40,44)(H,47,48)/t27-,28-,29-,30-,31-/m0/s1. The lowest BCUT2D eigenvalue weighted by Gasteiger charge is -2.29. The number of carbonyl (C=O) groups excluding carboxylic acids is 5. The van der Waals surface area contributed by atoms with Crippen LogP contribution in [0.2, 0.25) is 0 Å². The number of rotatable bonds is 16. The van der Waals surface area contributed by atoms with Crippen LogP contribution in [0.3, 0.4) is 0 Å². The van der Waals surface area contributed by atoms with Gasteiger partial charge in [0.15, 0.2) is 0 Å². The van der Waals surface area contributed by atoms with E-state index in [2.05, 4.69) is 21.3 Å². The second kappa shape index (κ2) is 18.0. The largest absolute Gasteiger partial charge is 0.480 e. The van der Waals surface area contributed by atoms with Crippen molar-refractivity contribution in [1.82, 2.24) is 26.2 Å². The Labute approximate surface area is 282 Å². The molecule has 0 aromatic heterocycles. The first-order valence-electron chi connectivity index (χ1n) is 16.6. The summed E-state index contributed by atoms with van der Waals surface area (Å²) in [4.78, 5) is 80.0. The first-order valence-corrected chi connectivity index (χ1v) is 16.6. The van der Waals surface area contributed by atoms with Gasteiger partial charge in [-0.3, -0.25) is 24.0 Å². The Morgan fingerprint density at radius 3 is 1.71 bits per heavy atom. The summed E-state index contributed by atoms with van der Waals surface area (Å²) in [5, 5.41) is 20.6. The second-order valence-corrected chi connectivity index (χ2v) is 13.1. The first-order chi connectivity index (χ1) is 22.8. The van der Waals surface area contributed by atoms with Gasteiger partial charge >= 0.3 is 5.97 Å². The van der Waals surface area contributed by atoms with Crippen LogP contribution in [0.5, 0.6) is 0 Å². The third-order valence-corrected chi connectivity index (χ3v) is 8.36. The van der Waals surface area contributed by atoms with Gasteiger partial charge in [-0.05, 0) is 42.2 Å². The second-order valence-electron chi connectivity index (χ2n) is 13.1. The SMILES string of the molecule is CC(=O)N1CCC[C@H]1C(=O)N[C@@H](Cc1ccccc1)C(=O)N[C@H](C(=O)N[C@@H](Cc1ccccc1)C(=O)N[C@@H](CC(C)C)C(=O)O)C(C)C. The topological polar surface area (TPSA) is 174 Å². The van der Waals surface area contributed by atoms with Crippen LogP contribution in [0.15, 0.2) is 60.7 Å². The highest BCUT2D eigenvalue weighted by molar-refractivity contribution is 5.96. The summed E-state index contributed by atoms with van der Waals surface area (Å²) in [6.45, 7) is 9.05. The van der Waals surface area contributed by atoms with Gasteiger partial charge < -0.3 is 31.3 Å². The summed E-state index contributed by atoms with van der Waals surface area (Å²) in [7, 11) is 0. The molecule has 2 aromatic carbocycles. The predicted molar refractivity (Wildman–Crippen MR) is 180 cm³/mol. The molecule has 0 radical (unpaired) electrons. The van der Waals surface area contributed by atoms with E-state index in [0.717, 1.165) is 11.1 Å². The Morgan fingerprint density at radius 1 is 0.729 bits per heavy atom. The number of carboxylic acids is 1. The molecule has 2 aromatic rings. The normalized spacial score (nSPS) is 16.8. The molecule has 1 fully saturated rings. The molecule has 1 heterocycles. The third kappa shape index (κ3) is 11.2. The van der Waals surface area contributed by atoms with Crippen molar-refractivity contribution in [3.63, 3.8) is 0 Å². The molecule has 3 rings (SSSR count). The minimum absolute atomic E-state index is 0.00220. The maximum absolute atomic E-state index is 13.8. The number of likely N-dealkylation sites (tertiary alicyclic amines) is 1. The van der Waals surface area contributed by atoms with E-state index in [1.807, 2.05) is 50.2 Å². The van der Waals surface area contributed by atoms with Gasteiger partial charge in [-0.25, -0.2) is 4.79 Å². The van der Waals surface area contributed by atoms with Gasteiger partial charge in [0.2, 0.25) is 29.5 Å². The summed E-state index contributed by atoms with van der Waals surface area (Å²) in [6, 6.07) is 13.0. The smallest absolute Gasteiger partial charge is 0.326 e. The lowest BCUT2D eigenvalue weighted by Crippen LogP contribution is -2.60. The first kappa shape index (κ1) is 37.7. The summed E-state index contributed by atoms with van der Waals surface area (Å²) in [6.07, 6.45) is 1.59. The van der Waals surface area contributed by atoms with Crippen LogP contribution in [0.4, 0.5) is 0 Å². The summed E-state index contributed by atoms with van der Waals surface area (Å²) in [5.41, 5.74) is 1.53. The van der Waals surface area contributed by atoms with E-state index in [1.54, 1.807) is 38.1 Å². The number of amides is 5. The molecule has 0 aliphatic carbocycles. The highest BCUT2D eigenvalue weighted by atomic mass is 16.4. The molecule has 48 heavy (non-hydrogen) atoms. The Kier molecular flexibility index (Phi) is 14.1. The van der Waals surface area contributed by atoms with Crippen LogP contribution in [-0.2, 0) is 41.6 Å². The van der Waals surface area contributed by atoms with Crippen molar-refractivity contribution in [3.8, 4) is 0 Å². The summed E-state index contributed by atoms with van der Waals surface area (Å²) >= 11 is 0. The minimum atomic E-state index is -1.18. The zero-order chi connectivity index (χ0) is 35.4. The van der Waals surface area contributed by atoms with Crippen molar-refractivity contribution in [2.24, 2.45) is 11.8 Å². The Morgan fingerprint density at radius 2 is 1.23 bits per heavy atom. The van der Waals surface area contributed by atoms with Gasteiger partial charge in [0.1, 0.15) is 30.2 Å². The molecular weight excluding hydrogens is 614 g/mol. The molecule has 0 saturated carbocycles. The highest BCUT2D eigenvalue weighted by Crippen LogP contribution is 2.18. The van der Waals surface area contributed by atoms with Crippen LogP contribution in [0, 0.1) is 11.8 Å². The summed E-state index contributed by atoms with van der Waals surface area (Å²) < 4.78 is 0. The molecule has 5 N–H and O–H groups in total. The van der Waals surface area contributed by atoms with E-state index in [0.29, 0.717) is 19.4 Å². The Hall–Kier alpha value is -4.74. The van der Waals surface area contributed by atoms with E-state index in [9.17, 15) is 33.9 Å². The number of carbonyl (C=O) groups is 6. The molecule has 5 atom stereocenters. The van der Waals surface area contributed by atoms with Crippen molar-refractivity contribution >= 4 is 35.5 Å².